The Morgan fingerprint density at radius 1 is 1.29 bits per heavy atom. The van der Waals surface area contributed by atoms with Gasteiger partial charge in [0, 0.05) is 32.2 Å². The highest BCUT2D eigenvalue weighted by Crippen LogP contribution is 2.28. The maximum Gasteiger partial charge on any atom is 0.244 e. The molecule has 2 amide bonds. The second-order valence-corrected chi connectivity index (χ2v) is 9.18. The molecule has 1 aliphatic heterocycles. The van der Waals surface area contributed by atoms with Crippen molar-refractivity contribution in [3.05, 3.63) is 35.9 Å². The van der Waals surface area contributed by atoms with Crippen molar-refractivity contribution < 1.29 is 22.7 Å². The number of aromatic nitrogens is 3. The van der Waals surface area contributed by atoms with Crippen LogP contribution in [0.25, 0.3) is 0 Å². The van der Waals surface area contributed by atoms with Crippen LogP contribution in [0.15, 0.2) is 35.7 Å². The molecule has 1 N–H and O–H groups in total. The average Bonchev–Trinajstić information content (AvgIpc) is 3.27. The van der Waals surface area contributed by atoms with Crippen LogP contribution in [0.3, 0.4) is 0 Å². The van der Waals surface area contributed by atoms with Gasteiger partial charge >= 0.3 is 0 Å². The molecule has 31 heavy (non-hydrogen) atoms. The molecule has 0 saturated carbocycles. The summed E-state index contributed by atoms with van der Waals surface area (Å²) in [4.78, 5) is 29.6. The van der Waals surface area contributed by atoms with Crippen molar-refractivity contribution in [3.63, 3.8) is 0 Å². The average molecular weight is 471 g/mol. The van der Waals surface area contributed by atoms with Crippen molar-refractivity contribution in [1.82, 2.24) is 24.0 Å². The number of hydrogen-bond donors (Lipinski definition) is 1. The van der Waals surface area contributed by atoms with Crippen LogP contribution in [0, 0.1) is 0 Å². The van der Waals surface area contributed by atoms with Crippen molar-refractivity contribution >= 4 is 39.1 Å². The van der Waals surface area contributed by atoms with E-state index < -0.39 is 15.9 Å². The van der Waals surface area contributed by atoms with E-state index in [1.165, 1.54) is 51.8 Å². The van der Waals surface area contributed by atoms with E-state index in [1.54, 1.807) is 0 Å². The molecular formula is C18H23ClN6O5S. The summed E-state index contributed by atoms with van der Waals surface area (Å²) < 4.78 is 33.8. The SMILES string of the molecule is CN(CC(=O)Nc1ccc(Cl)c(S(=O)(=O)N2CCOCC2)c1)C(=O)CCn1cncn1. The first-order valence-electron chi connectivity index (χ1n) is 9.51. The number of amides is 2. The van der Waals surface area contributed by atoms with Crippen LogP contribution in [-0.2, 0) is 30.9 Å². The molecule has 0 radical (unpaired) electrons. The monoisotopic (exact) mass is 470 g/mol. The van der Waals surface area contributed by atoms with Crippen LogP contribution in [-0.4, -0.2) is 84.1 Å². The summed E-state index contributed by atoms with van der Waals surface area (Å²) in [5.74, 6) is -0.703. The number of carbonyl (C=O) groups is 2. The van der Waals surface area contributed by atoms with Crippen molar-refractivity contribution in [2.24, 2.45) is 0 Å². The highest BCUT2D eigenvalue weighted by atomic mass is 35.5. The third-order valence-corrected chi connectivity index (χ3v) is 7.01. The van der Waals surface area contributed by atoms with Crippen LogP contribution in [0.5, 0.6) is 0 Å². The number of benzene rings is 1. The van der Waals surface area contributed by atoms with Crippen molar-refractivity contribution in [3.8, 4) is 0 Å². The van der Waals surface area contributed by atoms with Gasteiger partial charge in [-0.1, -0.05) is 11.6 Å². The molecule has 2 heterocycles. The van der Waals surface area contributed by atoms with E-state index in [0.717, 1.165) is 0 Å². The van der Waals surface area contributed by atoms with Crippen LogP contribution in [0.2, 0.25) is 5.02 Å². The molecule has 13 heteroatoms. The normalized spacial score (nSPS) is 14.9. The molecule has 1 fully saturated rings. The topological polar surface area (TPSA) is 127 Å². The van der Waals surface area contributed by atoms with Gasteiger partial charge in [-0.25, -0.2) is 13.4 Å². The molecule has 0 atom stereocenters. The third kappa shape index (κ3) is 6.00. The van der Waals surface area contributed by atoms with E-state index in [2.05, 4.69) is 15.4 Å². The van der Waals surface area contributed by atoms with Crippen LogP contribution >= 0.6 is 11.6 Å². The van der Waals surface area contributed by atoms with Gasteiger partial charge in [-0.15, -0.1) is 0 Å². The number of sulfonamides is 1. The highest BCUT2D eigenvalue weighted by molar-refractivity contribution is 7.89. The summed E-state index contributed by atoms with van der Waals surface area (Å²) in [5.41, 5.74) is 0.268. The Morgan fingerprint density at radius 3 is 2.71 bits per heavy atom. The van der Waals surface area contributed by atoms with Gasteiger partial charge in [0.05, 0.1) is 31.3 Å². The minimum absolute atomic E-state index is 0.0601. The lowest BCUT2D eigenvalue weighted by Crippen LogP contribution is -2.40. The number of rotatable bonds is 8. The van der Waals surface area contributed by atoms with Crippen LogP contribution < -0.4 is 5.32 Å². The minimum atomic E-state index is -3.82. The highest BCUT2D eigenvalue weighted by Gasteiger charge is 2.28. The number of nitrogens with one attached hydrogen (secondary N) is 1. The summed E-state index contributed by atoms with van der Waals surface area (Å²) in [6, 6.07) is 4.24. The number of hydrogen-bond acceptors (Lipinski definition) is 7. The predicted octanol–water partition coefficient (Wildman–Crippen LogP) is 0.440. The zero-order valence-electron chi connectivity index (χ0n) is 16.9. The number of anilines is 1. The van der Waals surface area contributed by atoms with E-state index in [0.29, 0.717) is 19.8 Å². The summed E-state index contributed by atoms with van der Waals surface area (Å²) >= 11 is 6.13. The van der Waals surface area contributed by atoms with E-state index in [9.17, 15) is 18.0 Å². The molecular weight excluding hydrogens is 448 g/mol. The molecule has 1 saturated heterocycles. The molecule has 1 aromatic carbocycles. The van der Waals surface area contributed by atoms with Crippen LogP contribution in [0.4, 0.5) is 5.69 Å². The van der Waals surface area contributed by atoms with E-state index in [4.69, 9.17) is 16.3 Å². The Bertz CT molecular complexity index is 1020. The number of carbonyl (C=O) groups excluding carboxylic acids is 2. The Morgan fingerprint density at radius 2 is 2.03 bits per heavy atom. The number of nitrogens with zero attached hydrogens (tertiary/aromatic N) is 5. The maximum absolute atomic E-state index is 12.9. The molecule has 11 nitrogen and oxygen atoms in total. The number of ether oxygens (including phenoxy) is 1. The minimum Gasteiger partial charge on any atom is -0.379 e. The zero-order valence-corrected chi connectivity index (χ0v) is 18.5. The molecule has 1 aliphatic rings. The molecule has 0 unspecified atom stereocenters. The van der Waals surface area contributed by atoms with Gasteiger partial charge in [0.2, 0.25) is 21.8 Å². The Hall–Kier alpha value is -2.54. The summed E-state index contributed by atoms with van der Waals surface area (Å²) in [5, 5.41) is 6.59. The van der Waals surface area contributed by atoms with Gasteiger partial charge in [-0.05, 0) is 18.2 Å². The van der Waals surface area contributed by atoms with Crippen molar-refractivity contribution in [2.75, 3.05) is 45.2 Å². The van der Waals surface area contributed by atoms with Gasteiger partial charge < -0.3 is 15.0 Å². The molecule has 3 rings (SSSR count). The van der Waals surface area contributed by atoms with E-state index in [1.807, 2.05) is 0 Å². The fourth-order valence-electron chi connectivity index (χ4n) is 2.96. The van der Waals surface area contributed by atoms with E-state index in [-0.39, 0.29) is 47.6 Å². The number of morpholine rings is 1. The van der Waals surface area contributed by atoms with Crippen LogP contribution in [0.1, 0.15) is 6.42 Å². The smallest absolute Gasteiger partial charge is 0.244 e. The lowest BCUT2D eigenvalue weighted by Gasteiger charge is -2.26. The first-order valence-corrected chi connectivity index (χ1v) is 11.3. The molecule has 2 aromatic rings. The molecule has 168 valence electrons. The van der Waals surface area contributed by atoms with Gasteiger partial charge in [-0.2, -0.15) is 9.40 Å². The zero-order chi connectivity index (χ0) is 22.4. The maximum atomic E-state index is 12.9. The Kier molecular flexibility index (Phi) is 7.59. The lowest BCUT2D eigenvalue weighted by atomic mass is 10.3. The number of likely N-dealkylation sites (N-methyl/N-ethyl adjacent to an activating group) is 1. The van der Waals surface area contributed by atoms with Gasteiger partial charge in [0.1, 0.15) is 17.6 Å². The number of halogens is 1. The fourth-order valence-corrected chi connectivity index (χ4v) is 4.87. The number of aryl methyl sites for hydroxylation is 1. The molecule has 0 spiro atoms. The standard InChI is InChI=1S/C18H23ClN6O5S/c1-23(18(27)4-5-24-13-20-12-21-24)11-17(26)22-14-2-3-15(19)16(10-14)31(28,29)25-6-8-30-9-7-25/h2-3,10,12-13H,4-9,11H2,1H3,(H,22,26). The molecule has 0 aliphatic carbocycles. The second-order valence-electron chi connectivity index (χ2n) is 6.87. The molecule has 0 bridgehead atoms. The van der Waals surface area contributed by atoms with Crippen molar-refractivity contribution in [1.29, 1.82) is 0 Å². The Labute approximate surface area is 185 Å². The summed E-state index contributed by atoms with van der Waals surface area (Å²) in [6.45, 7) is 1.25. The summed E-state index contributed by atoms with van der Waals surface area (Å²) in [6.07, 6.45) is 3.04. The lowest BCUT2D eigenvalue weighted by molar-refractivity contribution is -0.133. The van der Waals surface area contributed by atoms with Gasteiger partial charge in [0.25, 0.3) is 0 Å². The third-order valence-electron chi connectivity index (χ3n) is 4.63. The predicted molar refractivity (Wildman–Crippen MR) is 112 cm³/mol. The second kappa shape index (κ2) is 10.2. The largest absolute Gasteiger partial charge is 0.379 e. The van der Waals surface area contributed by atoms with Crippen molar-refractivity contribution in [2.45, 2.75) is 17.9 Å². The Balaban J connectivity index is 1.60. The van der Waals surface area contributed by atoms with Gasteiger partial charge in [0.15, 0.2) is 0 Å². The van der Waals surface area contributed by atoms with Gasteiger partial charge in [-0.3, -0.25) is 14.3 Å². The fraction of sp³-hybridized carbons (Fsp3) is 0.444. The van der Waals surface area contributed by atoms with E-state index >= 15 is 0 Å². The molecule has 1 aromatic heterocycles. The first kappa shape index (κ1) is 23.1. The first-order chi connectivity index (χ1) is 14.8. The quantitative estimate of drug-likeness (QED) is 0.593. The summed E-state index contributed by atoms with van der Waals surface area (Å²) in [7, 11) is -2.31.